The summed E-state index contributed by atoms with van der Waals surface area (Å²) >= 11 is 1.47. The number of carbonyl (C=O) groups excluding carboxylic acids is 3. The van der Waals surface area contributed by atoms with Crippen molar-refractivity contribution in [3.05, 3.63) is 71.9 Å². The molecule has 8 N–H and O–H groups in total. The number of aliphatic carboxylic acids is 2. The highest BCUT2D eigenvalue weighted by atomic mass is 32.2. The Morgan fingerprint density at radius 1 is 0.833 bits per heavy atom. The van der Waals surface area contributed by atoms with Gasteiger partial charge in [0.15, 0.2) is 0 Å². The summed E-state index contributed by atoms with van der Waals surface area (Å²) in [6.07, 6.45) is 3.27. The minimum atomic E-state index is -1.69. The van der Waals surface area contributed by atoms with Crippen molar-refractivity contribution in [3.8, 4) is 0 Å². The molecule has 0 aliphatic rings. The number of benzene rings is 2. The van der Waals surface area contributed by atoms with Gasteiger partial charge >= 0.3 is 11.9 Å². The van der Waals surface area contributed by atoms with Gasteiger partial charge in [0.1, 0.15) is 18.1 Å². The van der Waals surface area contributed by atoms with Crippen LogP contribution in [-0.4, -0.2) is 81.0 Å². The van der Waals surface area contributed by atoms with Crippen LogP contribution in [0.2, 0.25) is 0 Å². The number of carbonyl (C=O) groups is 5. The Labute approximate surface area is 246 Å². The van der Waals surface area contributed by atoms with Crippen molar-refractivity contribution in [2.45, 2.75) is 49.9 Å². The van der Waals surface area contributed by atoms with Crippen LogP contribution in [0.15, 0.2) is 60.8 Å². The molecule has 0 saturated heterocycles. The molecule has 1 heterocycles. The second kappa shape index (κ2) is 15.6. The second-order valence-corrected chi connectivity index (χ2v) is 10.7. The molecule has 0 spiro atoms. The van der Waals surface area contributed by atoms with Crippen LogP contribution in [0, 0.1) is 0 Å². The molecule has 1 aromatic heterocycles. The average Bonchev–Trinajstić information content (AvgIpc) is 3.37. The quantitative estimate of drug-likeness (QED) is 0.126. The Bertz CT molecular complexity index is 1400. The van der Waals surface area contributed by atoms with Gasteiger partial charge in [0.2, 0.25) is 17.7 Å². The molecule has 0 fully saturated rings. The van der Waals surface area contributed by atoms with E-state index >= 15 is 0 Å². The largest absolute Gasteiger partial charge is 0.481 e. The van der Waals surface area contributed by atoms with E-state index < -0.39 is 60.2 Å². The van der Waals surface area contributed by atoms with Crippen LogP contribution >= 0.6 is 11.8 Å². The first kappa shape index (κ1) is 32.2. The molecule has 42 heavy (non-hydrogen) atoms. The molecule has 0 saturated carbocycles. The fourth-order valence-corrected chi connectivity index (χ4v) is 4.86. The van der Waals surface area contributed by atoms with Crippen LogP contribution < -0.4 is 21.7 Å². The number of hydrogen-bond acceptors (Lipinski definition) is 7. The average molecular weight is 598 g/mol. The van der Waals surface area contributed by atoms with E-state index in [1.54, 1.807) is 36.5 Å². The number of hydrogen-bond donors (Lipinski definition) is 7. The van der Waals surface area contributed by atoms with Crippen molar-refractivity contribution in [2.75, 3.05) is 12.0 Å². The Balaban J connectivity index is 1.75. The Kier molecular flexibility index (Phi) is 11.9. The molecular weight excluding hydrogens is 562 g/mol. The van der Waals surface area contributed by atoms with Gasteiger partial charge in [-0.2, -0.15) is 11.8 Å². The number of aromatic nitrogens is 1. The van der Waals surface area contributed by atoms with Gasteiger partial charge in [-0.3, -0.25) is 19.2 Å². The lowest BCUT2D eigenvalue weighted by molar-refractivity contribution is -0.147. The zero-order valence-electron chi connectivity index (χ0n) is 23.0. The maximum absolute atomic E-state index is 13.4. The maximum atomic E-state index is 13.4. The van der Waals surface area contributed by atoms with Gasteiger partial charge in [-0.1, -0.05) is 48.5 Å². The number of aromatic amines is 1. The van der Waals surface area contributed by atoms with E-state index in [-0.39, 0.29) is 19.3 Å². The van der Waals surface area contributed by atoms with E-state index in [9.17, 15) is 29.1 Å². The monoisotopic (exact) mass is 597 g/mol. The highest BCUT2D eigenvalue weighted by molar-refractivity contribution is 7.98. The number of fused-ring (bicyclic) bond motifs is 1. The maximum Gasteiger partial charge on any atom is 0.326 e. The zero-order chi connectivity index (χ0) is 30.6. The van der Waals surface area contributed by atoms with Gasteiger partial charge in [0, 0.05) is 23.5 Å². The molecule has 224 valence electrons. The molecule has 3 amide bonds. The third-order valence-corrected chi connectivity index (χ3v) is 7.25. The Morgan fingerprint density at radius 3 is 2.12 bits per heavy atom. The number of thioether (sulfide) groups is 1. The third kappa shape index (κ3) is 9.35. The van der Waals surface area contributed by atoms with Crippen LogP contribution in [-0.2, 0) is 36.8 Å². The minimum Gasteiger partial charge on any atom is -0.481 e. The van der Waals surface area contributed by atoms with E-state index in [0.717, 1.165) is 16.5 Å². The predicted octanol–water partition coefficient (Wildman–Crippen LogP) is 1.05. The second-order valence-electron chi connectivity index (χ2n) is 9.76. The van der Waals surface area contributed by atoms with Crippen molar-refractivity contribution >= 4 is 52.3 Å². The normalized spacial score (nSPS) is 13.9. The lowest BCUT2D eigenvalue weighted by atomic mass is 10.0. The number of carboxylic acid groups (broad SMARTS) is 2. The van der Waals surface area contributed by atoms with Crippen LogP contribution in [0.4, 0.5) is 0 Å². The predicted molar refractivity (Wildman–Crippen MR) is 159 cm³/mol. The zero-order valence-corrected chi connectivity index (χ0v) is 23.9. The smallest absolute Gasteiger partial charge is 0.326 e. The van der Waals surface area contributed by atoms with Crippen molar-refractivity contribution < 1.29 is 34.2 Å². The van der Waals surface area contributed by atoms with E-state index in [0.29, 0.717) is 11.3 Å². The van der Waals surface area contributed by atoms with Gasteiger partial charge < -0.3 is 36.9 Å². The summed E-state index contributed by atoms with van der Waals surface area (Å²) < 4.78 is 0. The molecule has 12 nitrogen and oxygen atoms in total. The van der Waals surface area contributed by atoms with Gasteiger partial charge in [-0.05, 0) is 42.0 Å². The first-order valence-electron chi connectivity index (χ1n) is 13.3. The fraction of sp³-hybridized carbons (Fsp3) is 0.345. The molecule has 2 aromatic carbocycles. The summed E-state index contributed by atoms with van der Waals surface area (Å²) in [6, 6.07) is 11.4. The van der Waals surface area contributed by atoms with Gasteiger partial charge in [0.05, 0.1) is 12.5 Å². The Morgan fingerprint density at radius 2 is 1.45 bits per heavy atom. The van der Waals surface area contributed by atoms with Gasteiger partial charge in [-0.25, -0.2) is 4.79 Å². The highest BCUT2D eigenvalue weighted by Gasteiger charge is 2.31. The van der Waals surface area contributed by atoms with Gasteiger partial charge in [0.25, 0.3) is 0 Å². The first-order chi connectivity index (χ1) is 20.1. The summed E-state index contributed by atoms with van der Waals surface area (Å²) in [7, 11) is 0. The number of amides is 3. The van der Waals surface area contributed by atoms with E-state index in [1.165, 1.54) is 11.8 Å². The van der Waals surface area contributed by atoms with Crippen LogP contribution in [0.25, 0.3) is 10.9 Å². The van der Waals surface area contributed by atoms with Crippen LogP contribution in [0.3, 0.4) is 0 Å². The lowest BCUT2D eigenvalue weighted by Gasteiger charge is -2.25. The van der Waals surface area contributed by atoms with Crippen LogP contribution in [0.5, 0.6) is 0 Å². The molecule has 3 aromatic rings. The summed E-state index contributed by atoms with van der Waals surface area (Å²) in [6.45, 7) is 0. The lowest BCUT2D eigenvalue weighted by Crippen LogP contribution is -2.58. The topological polar surface area (TPSA) is 204 Å². The summed E-state index contributed by atoms with van der Waals surface area (Å²) in [5.74, 6) is -4.48. The molecule has 0 aliphatic heterocycles. The van der Waals surface area contributed by atoms with Crippen LogP contribution in [0.1, 0.15) is 24.0 Å². The number of carboxylic acids is 2. The number of para-hydroxylation sites is 1. The van der Waals surface area contributed by atoms with E-state index in [2.05, 4.69) is 20.9 Å². The molecule has 0 radical (unpaired) electrons. The molecular formula is C29H35N5O7S. The van der Waals surface area contributed by atoms with Crippen molar-refractivity contribution in [1.29, 1.82) is 0 Å². The molecule has 0 aliphatic carbocycles. The molecule has 4 atom stereocenters. The minimum absolute atomic E-state index is 0.00109. The SMILES string of the molecule is CSCCC(NC(=O)C(N)Cc1c[nH]c2ccccc12)C(=O)NC(Cc1ccccc1)C(=O)NC(CC(=O)O)C(=O)O. The summed E-state index contributed by atoms with van der Waals surface area (Å²) in [4.78, 5) is 65.4. The first-order valence-corrected chi connectivity index (χ1v) is 14.7. The van der Waals surface area contributed by atoms with Crippen molar-refractivity contribution in [3.63, 3.8) is 0 Å². The fourth-order valence-electron chi connectivity index (χ4n) is 4.39. The standard InChI is InChI=1S/C29H35N5O7S/c1-42-12-11-22(32-26(37)20(30)14-18-16-31-21-10-6-5-9-19(18)21)27(38)33-23(13-17-7-3-2-4-8-17)28(39)34-24(29(40)41)15-25(35)36/h2-10,16,20,22-24,31H,11-15,30H2,1H3,(H,32,37)(H,33,38)(H,34,39)(H,35,36)(H,40,41). The van der Waals surface area contributed by atoms with Gasteiger partial charge in [-0.15, -0.1) is 0 Å². The third-order valence-electron chi connectivity index (χ3n) is 6.60. The summed E-state index contributed by atoms with van der Waals surface area (Å²) in [5.41, 5.74) is 8.66. The number of rotatable bonds is 16. The van der Waals surface area contributed by atoms with Crippen molar-refractivity contribution in [1.82, 2.24) is 20.9 Å². The van der Waals surface area contributed by atoms with E-state index in [1.807, 2.05) is 30.5 Å². The molecule has 3 rings (SSSR count). The molecule has 13 heteroatoms. The number of H-pyrrole nitrogens is 1. The van der Waals surface area contributed by atoms with Crippen molar-refractivity contribution in [2.24, 2.45) is 5.73 Å². The molecule has 0 bridgehead atoms. The number of nitrogens with two attached hydrogens (primary N) is 1. The summed E-state index contributed by atoms with van der Waals surface area (Å²) in [5, 5.41) is 26.9. The Hall–Kier alpha value is -4.36. The highest BCUT2D eigenvalue weighted by Crippen LogP contribution is 2.19. The number of nitrogens with one attached hydrogen (secondary N) is 4. The molecule has 4 unspecified atom stereocenters. The van der Waals surface area contributed by atoms with E-state index in [4.69, 9.17) is 10.8 Å².